The highest BCUT2D eigenvalue weighted by Crippen LogP contribution is 2.22. The van der Waals surface area contributed by atoms with E-state index in [1.807, 2.05) is 12.1 Å². The second kappa shape index (κ2) is 7.97. The molecule has 2 aromatic rings. The Morgan fingerprint density at radius 3 is 2.12 bits per heavy atom. The fourth-order valence-electron chi connectivity index (χ4n) is 2.29. The zero-order chi connectivity index (χ0) is 17.6. The average molecular weight is 346 g/mol. The third-order valence-corrected chi connectivity index (χ3v) is 4.16. The van der Waals surface area contributed by atoms with E-state index < -0.39 is 10.0 Å². The number of benzene rings is 2. The molecule has 128 valence electrons. The highest BCUT2D eigenvalue weighted by Gasteiger charge is 2.10. The lowest BCUT2D eigenvalue weighted by Gasteiger charge is -2.12. The fraction of sp³-hybridized carbons (Fsp3) is 0.278. The first kappa shape index (κ1) is 18.0. The highest BCUT2D eigenvalue weighted by atomic mass is 32.2. The van der Waals surface area contributed by atoms with Gasteiger partial charge in [0.15, 0.2) is 0 Å². The van der Waals surface area contributed by atoms with Crippen LogP contribution in [0.25, 0.3) is 0 Å². The Hall–Kier alpha value is -2.34. The molecule has 0 aliphatic rings. The van der Waals surface area contributed by atoms with Gasteiger partial charge in [-0.25, -0.2) is 8.42 Å². The molecule has 24 heavy (non-hydrogen) atoms. The van der Waals surface area contributed by atoms with Gasteiger partial charge < -0.3 is 5.32 Å². The van der Waals surface area contributed by atoms with Crippen LogP contribution in [-0.2, 0) is 27.7 Å². The molecule has 0 aliphatic heterocycles. The third-order valence-electron chi connectivity index (χ3n) is 3.57. The van der Waals surface area contributed by atoms with Crippen LogP contribution in [0, 0.1) is 0 Å². The van der Waals surface area contributed by atoms with Crippen LogP contribution in [0.15, 0.2) is 48.5 Å². The summed E-state index contributed by atoms with van der Waals surface area (Å²) in [4.78, 5) is 12.1. The van der Waals surface area contributed by atoms with E-state index in [9.17, 15) is 13.2 Å². The number of amides is 1. The molecule has 0 atom stereocenters. The maximum atomic E-state index is 12.1. The smallest absolute Gasteiger partial charge is 0.229 e. The van der Waals surface area contributed by atoms with Gasteiger partial charge in [-0.05, 0) is 36.1 Å². The van der Waals surface area contributed by atoms with Crippen LogP contribution in [0.1, 0.15) is 24.5 Å². The van der Waals surface area contributed by atoms with Crippen LogP contribution >= 0.6 is 0 Å². The molecule has 0 radical (unpaired) electrons. The molecule has 0 aromatic heterocycles. The second-order valence-corrected chi connectivity index (χ2v) is 7.39. The minimum Gasteiger partial charge on any atom is -0.324 e. The van der Waals surface area contributed by atoms with Crippen LogP contribution in [0.2, 0.25) is 0 Å². The number of carbonyl (C=O) groups excluding carboxylic acids is 1. The Labute approximate surface area is 143 Å². The summed E-state index contributed by atoms with van der Waals surface area (Å²) in [5, 5.41) is 2.76. The minimum atomic E-state index is -3.40. The van der Waals surface area contributed by atoms with Crippen molar-refractivity contribution in [3.05, 3.63) is 59.7 Å². The lowest BCUT2D eigenvalue weighted by Crippen LogP contribution is -2.16. The third kappa shape index (κ3) is 5.70. The zero-order valence-corrected chi connectivity index (χ0v) is 14.7. The Kier molecular flexibility index (Phi) is 5.98. The van der Waals surface area contributed by atoms with Crippen molar-refractivity contribution in [2.45, 2.75) is 26.2 Å². The molecule has 0 fully saturated rings. The molecule has 0 aliphatic carbocycles. The van der Waals surface area contributed by atoms with Gasteiger partial charge >= 0.3 is 0 Å². The Balaban J connectivity index is 1.97. The number of anilines is 2. The van der Waals surface area contributed by atoms with E-state index in [4.69, 9.17) is 0 Å². The van der Waals surface area contributed by atoms with Gasteiger partial charge in [-0.15, -0.1) is 0 Å². The maximum absolute atomic E-state index is 12.1. The number of aryl methyl sites for hydroxylation is 2. The van der Waals surface area contributed by atoms with E-state index in [1.54, 1.807) is 24.3 Å². The molecule has 0 bridgehead atoms. The first-order valence-electron chi connectivity index (χ1n) is 7.82. The molecule has 2 N–H and O–H groups in total. The van der Waals surface area contributed by atoms with Gasteiger partial charge in [0.2, 0.25) is 15.9 Å². The SMILES string of the molecule is CCc1ccc(CCC(=O)Nc2ccccc2NS(C)(=O)=O)cc1. The molecule has 0 unspecified atom stereocenters. The van der Waals surface area contributed by atoms with Crippen molar-refractivity contribution in [1.29, 1.82) is 0 Å². The van der Waals surface area contributed by atoms with Crippen molar-refractivity contribution in [1.82, 2.24) is 0 Å². The van der Waals surface area contributed by atoms with Gasteiger partial charge in [-0.2, -0.15) is 0 Å². The van der Waals surface area contributed by atoms with Gasteiger partial charge in [-0.1, -0.05) is 43.3 Å². The topological polar surface area (TPSA) is 75.3 Å². The fourth-order valence-corrected chi connectivity index (χ4v) is 2.87. The van der Waals surface area contributed by atoms with Crippen molar-refractivity contribution >= 4 is 27.3 Å². The first-order valence-corrected chi connectivity index (χ1v) is 9.71. The Bertz CT molecular complexity index is 799. The van der Waals surface area contributed by atoms with E-state index in [2.05, 4.69) is 29.1 Å². The number of carbonyl (C=O) groups is 1. The summed E-state index contributed by atoms with van der Waals surface area (Å²) in [6.07, 6.45) is 3.03. The molecule has 1 amide bonds. The van der Waals surface area contributed by atoms with Crippen molar-refractivity contribution in [2.75, 3.05) is 16.3 Å². The number of sulfonamides is 1. The predicted molar refractivity (Wildman–Crippen MR) is 97.7 cm³/mol. The normalized spacial score (nSPS) is 11.1. The zero-order valence-electron chi connectivity index (χ0n) is 13.9. The summed E-state index contributed by atoms with van der Waals surface area (Å²) in [7, 11) is -3.40. The first-order chi connectivity index (χ1) is 11.4. The predicted octanol–water partition coefficient (Wildman–Crippen LogP) is 3.19. The van der Waals surface area contributed by atoms with Crippen molar-refractivity contribution in [3.63, 3.8) is 0 Å². The van der Waals surface area contributed by atoms with Crippen molar-refractivity contribution < 1.29 is 13.2 Å². The number of para-hydroxylation sites is 2. The van der Waals surface area contributed by atoms with Gasteiger partial charge in [0, 0.05) is 6.42 Å². The van der Waals surface area contributed by atoms with Crippen LogP contribution in [0.4, 0.5) is 11.4 Å². The van der Waals surface area contributed by atoms with E-state index in [1.165, 1.54) is 5.56 Å². The average Bonchev–Trinajstić information content (AvgIpc) is 2.54. The van der Waals surface area contributed by atoms with Crippen molar-refractivity contribution in [2.24, 2.45) is 0 Å². The van der Waals surface area contributed by atoms with E-state index in [0.717, 1.165) is 18.2 Å². The summed E-state index contributed by atoms with van der Waals surface area (Å²) in [6, 6.07) is 14.9. The van der Waals surface area contributed by atoms with Crippen LogP contribution in [0.5, 0.6) is 0 Å². The quantitative estimate of drug-likeness (QED) is 0.808. The molecule has 6 heteroatoms. The van der Waals surface area contributed by atoms with Crippen LogP contribution < -0.4 is 10.0 Å². The van der Waals surface area contributed by atoms with Crippen LogP contribution in [-0.4, -0.2) is 20.6 Å². The molecule has 5 nitrogen and oxygen atoms in total. The molecule has 0 saturated carbocycles. The summed E-state index contributed by atoms with van der Waals surface area (Å²) >= 11 is 0. The minimum absolute atomic E-state index is 0.155. The number of hydrogen-bond acceptors (Lipinski definition) is 3. The van der Waals surface area contributed by atoms with E-state index >= 15 is 0 Å². The largest absolute Gasteiger partial charge is 0.324 e. The van der Waals surface area contributed by atoms with Gasteiger partial charge in [0.1, 0.15) is 0 Å². The molecule has 2 rings (SSSR count). The standard InChI is InChI=1S/C18H22N2O3S/c1-3-14-8-10-15(11-9-14)12-13-18(21)19-16-6-4-5-7-17(16)20-24(2,22)23/h4-11,20H,3,12-13H2,1-2H3,(H,19,21). The van der Waals surface area contributed by atoms with E-state index in [-0.39, 0.29) is 5.91 Å². The molecular formula is C18H22N2O3S. The number of nitrogens with one attached hydrogen (secondary N) is 2. The van der Waals surface area contributed by atoms with Crippen molar-refractivity contribution in [3.8, 4) is 0 Å². The maximum Gasteiger partial charge on any atom is 0.229 e. The van der Waals surface area contributed by atoms with Gasteiger partial charge in [0.25, 0.3) is 0 Å². The monoisotopic (exact) mass is 346 g/mol. The molecule has 2 aromatic carbocycles. The molecule has 0 spiro atoms. The summed E-state index contributed by atoms with van der Waals surface area (Å²) in [5.41, 5.74) is 3.18. The van der Waals surface area contributed by atoms with Gasteiger partial charge in [0.05, 0.1) is 17.6 Å². The number of hydrogen-bond donors (Lipinski definition) is 2. The summed E-state index contributed by atoms with van der Waals surface area (Å²) in [5.74, 6) is -0.155. The molecule has 0 saturated heterocycles. The molecule has 0 heterocycles. The summed E-state index contributed by atoms with van der Waals surface area (Å²) in [6.45, 7) is 2.10. The second-order valence-electron chi connectivity index (χ2n) is 5.64. The lowest BCUT2D eigenvalue weighted by atomic mass is 10.1. The van der Waals surface area contributed by atoms with Crippen LogP contribution in [0.3, 0.4) is 0 Å². The molecular weight excluding hydrogens is 324 g/mol. The Morgan fingerprint density at radius 2 is 1.54 bits per heavy atom. The lowest BCUT2D eigenvalue weighted by molar-refractivity contribution is -0.116. The van der Waals surface area contributed by atoms with E-state index in [0.29, 0.717) is 24.2 Å². The summed E-state index contributed by atoms with van der Waals surface area (Å²) < 4.78 is 25.2. The number of rotatable bonds is 7. The van der Waals surface area contributed by atoms with Gasteiger partial charge in [-0.3, -0.25) is 9.52 Å². The highest BCUT2D eigenvalue weighted by molar-refractivity contribution is 7.92. The Morgan fingerprint density at radius 1 is 0.958 bits per heavy atom.